The molecule has 122 valence electrons. The minimum atomic E-state index is -0.115. The third kappa shape index (κ3) is 6.72. The van der Waals surface area contributed by atoms with Crippen LogP contribution in [0.3, 0.4) is 0 Å². The van der Waals surface area contributed by atoms with Gasteiger partial charge in [0.05, 0.1) is 0 Å². The second-order valence-corrected chi connectivity index (χ2v) is 6.53. The van der Waals surface area contributed by atoms with E-state index >= 15 is 0 Å². The molecule has 0 spiro atoms. The van der Waals surface area contributed by atoms with Gasteiger partial charge in [-0.1, -0.05) is 20.8 Å². The number of benzene rings is 1. The lowest BCUT2D eigenvalue weighted by molar-refractivity contribution is 0.0933. The predicted octanol–water partition coefficient (Wildman–Crippen LogP) is 1.80. The van der Waals surface area contributed by atoms with Crippen LogP contribution < -0.4 is 16.0 Å². The summed E-state index contributed by atoms with van der Waals surface area (Å²) in [7, 11) is 1.88. The Morgan fingerprint density at radius 1 is 0.909 bits per heavy atom. The van der Waals surface area contributed by atoms with Gasteiger partial charge in [0, 0.05) is 24.2 Å². The molecule has 0 aromatic heterocycles. The molecule has 0 bridgehead atoms. The van der Waals surface area contributed by atoms with E-state index in [-0.39, 0.29) is 17.2 Å². The molecule has 22 heavy (non-hydrogen) atoms. The van der Waals surface area contributed by atoms with Gasteiger partial charge in [-0.3, -0.25) is 9.59 Å². The van der Waals surface area contributed by atoms with Gasteiger partial charge in [-0.2, -0.15) is 0 Å². The predicted molar refractivity (Wildman–Crippen MR) is 89.1 cm³/mol. The molecule has 0 heterocycles. The van der Waals surface area contributed by atoms with Crippen molar-refractivity contribution >= 4 is 11.8 Å². The van der Waals surface area contributed by atoms with Crippen LogP contribution in [0.1, 0.15) is 47.9 Å². The Morgan fingerprint density at radius 2 is 1.41 bits per heavy atom. The van der Waals surface area contributed by atoms with Crippen molar-refractivity contribution in [1.82, 2.24) is 16.0 Å². The minimum absolute atomic E-state index is 0.0445. The van der Waals surface area contributed by atoms with Crippen LogP contribution in [0.4, 0.5) is 0 Å². The molecule has 0 aliphatic carbocycles. The molecule has 0 aliphatic rings. The molecule has 1 aromatic carbocycles. The van der Waals surface area contributed by atoms with E-state index in [0.717, 1.165) is 13.0 Å². The summed E-state index contributed by atoms with van der Waals surface area (Å²) in [5.74, 6) is -0.228. The molecule has 2 amide bonds. The van der Waals surface area contributed by atoms with Gasteiger partial charge in [0.1, 0.15) is 0 Å². The molecule has 5 heteroatoms. The van der Waals surface area contributed by atoms with E-state index in [1.807, 2.05) is 7.05 Å². The Balaban J connectivity index is 2.51. The summed E-state index contributed by atoms with van der Waals surface area (Å²) < 4.78 is 0. The van der Waals surface area contributed by atoms with Gasteiger partial charge >= 0.3 is 0 Å². The molecular weight excluding hydrogens is 278 g/mol. The number of carbonyl (C=O) groups excluding carboxylic acids is 2. The topological polar surface area (TPSA) is 70.2 Å². The first-order chi connectivity index (χ1) is 10.3. The van der Waals surface area contributed by atoms with Crippen molar-refractivity contribution in [2.45, 2.75) is 27.2 Å². The van der Waals surface area contributed by atoms with Gasteiger partial charge in [0.2, 0.25) is 0 Å². The molecule has 0 fully saturated rings. The maximum absolute atomic E-state index is 12.0. The average molecular weight is 305 g/mol. The summed E-state index contributed by atoms with van der Waals surface area (Å²) in [6, 6.07) is 6.72. The second-order valence-electron chi connectivity index (χ2n) is 6.53. The molecule has 0 atom stereocenters. The zero-order valence-corrected chi connectivity index (χ0v) is 14.0. The lowest BCUT2D eigenvalue weighted by atomic mass is 9.97. The van der Waals surface area contributed by atoms with E-state index in [4.69, 9.17) is 0 Å². The smallest absolute Gasteiger partial charge is 0.251 e. The Kier molecular flexibility index (Phi) is 7.05. The third-order valence-corrected chi connectivity index (χ3v) is 3.08. The molecule has 3 N–H and O–H groups in total. The molecule has 0 unspecified atom stereocenters. The molecule has 0 aliphatic heterocycles. The highest BCUT2D eigenvalue weighted by Gasteiger charge is 2.13. The summed E-state index contributed by atoms with van der Waals surface area (Å²) in [5.41, 5.74) is 1.18. The highest BCUT2D eigenvalue weighted by molar-refractivity contribution is 5.97. The van der Waals surface area contributed by atoms with Gasteiger partial charge in [-0.05, 0) is 49.7 Å². The van der Waals surface area contributed by atoms with Crippen molar-refractivity contribution in [2.75, 3.05) is 26.7 Å². The average Bonchev–Trinajstić information content (AvgIpc) is 2.48. The fraction of sp³-hybridized carbons (Fsp3) is 0.529. The summed E-state index contributed by atoms with van der Waals surface area (Å²) in [5, 5.41) is 8.77. The molecule has 5 nitrogen and oxygen atoms in total. The summed E-state index contributed by atoms with van der Waals surface area (Å²) in [6.07, 6.45) is 0.884. The molecule has 1 rings (SSSR count). The number of carbonyl (C=O) groups is 2. The Bertz CT molecular complexity index is 490. The van der Waals surface area contributed by atoms with E-state index in [9.17, 15) is 9.59 Å². The van der Waals surface area contributed by atoms with Gasteiger partial charge in [-0.25, -0.2) is 0 Å². The first-order valence-corrected chi connectivity index (χ1v) is 7.64. The maximum Gasteiger partial charge on any atom is 0.251 e. The van der Waals surface area contributed by atoms with Crippen molar-refractivity contribution < 1.29 is 9.59 Å². The van der Waals surface area contributed by atoms with Gasteiger partial charge in [0.15, 0.2) is 0 Å². The molecule has 1 aromatic rings. The first kappa shape index (κ1) is 18.2. The van der Waals surface area contributed by atoms with E-state index in [2.05, 4.69) is 36.7 Å². The number of amides is 2. The number of rotatable bonds is 7. The van der Waals surface area contributed by atoms with Gasteiger partial charge < -0.3 is 16.0 Å². The summed E-state index contributed by atoms with van der Waals surface area (Å²) >= 11 is 0. The van der Waals surface area contributed by atoms with E-state index in [1.54, 1.807) is 24.3 Å². The normalized spacial score (nSPS) is 11.1. The summed E-state index contributed by atoms with van der Waals surface area (Å²) in [4.78, 5) is 23.9. The monoisotopic (exact) mass is 305 g/mol. The van der Waals surface area contributed by atoms with Gasteiger partial charge in [-0.15, -0.1) is 0 Å². The van der Waals surface area contributed by atoms with Crippen molar-refractivity contribution in [3.8, 4) is 0 Å². The van der Waals surface area contributed by atoms with Crippen LogP contribution in [0.5, 0.6) is 0 Å². The first-order valence-electron chi connectivity index (χ1n) is 7.64. The van der Waals surface area contributed by atoms with E-state index < -0.39 is 0 Å². The van der Waals surface area contributed by atoms with Crippen molar-refractivity contribution in [3.63, 3.8) is 0 Å². The lowest BCUT2D eigenvalue weighted by Crippen LogP contribution is -2.32. The molecule has 0 saturated carbocycles. The minimum Gasteiger partial charge on any atom is -0.352 e. The van der Waals surface area contributed by atoms with Crippen LogP contribution >= 0.6 is 0 Å². The third-order valence-electron chi connectivity index (χ3n) is 3.08. The largest absolute Gasteiger partial charge is 0.352 e. The van der Waals surface area contributed by atoms with Crippen LogP contribution in [-0.4, -0.2) is 38.5 Å². The van der Waals surface area contributed by atoms with Crippen molar-refractivity contribution in [3.05, 3.63) is 35.4 Å². The maximum atomic E-state index is 12.0. The standard InChI is InChI=1S/C17H27N3O2/c1-17(2,3)12-20-16(22)14-8-6-13(7-9-14)15(21)19-11-5-10-18-4/h6-9,18H,5,10-12H2,1-4H3,(H,19,21)(H,20,22). The molecule has 0 radical (unpaired) electrons. The van der Waals surface area contributed by atoms with Crippen LogP contribution in [0.25, 0.3) is 0 Å². The second kappa shape index (κ2) is 8.54. The highest BCUT2D eigenvalue weighted by Crippen LogP contribution is 2.11. The Morgan fingerprint density at radius 3 is 1.86 bits per heavy atom. The highest BCUT2D eigenvalue weighted by atomic mass is 16.2. The Hall–Kier alpha value is -1.88. The van der Waals surface area contributed by atoms with Crippen molar-refractivity contribution in [2.24, 2.45) is 5.41 Å². The fourth-order valence-electron chi connectivity index (χ4n) is 1.79. The zero-order valence-electron chi connectivity index (χ0n) is 14.0. The van der Waals surface area contributed by atoms with Crippen LogP contribution in [0, 0.1) is 5.41 Å². The summed E-state index contributed by atoms with van der Waals surface area (Å²) in [6.45, 7) is 8.30. The number of hydrogen-bond acceptors (Lipinski definition) is 3. The van der Waals surface area contributed by atoms with Crippen LogP contribution in [-0.2, 0) is 0 Å². The van der Waals surface area contributed by atoms with Crippen LogP contribution in [0.2, 0.25) is 0 Å². The van der Waals surface area contributed by atoms with E-state index in [0.29, 0.717) is 24.2 Å². The number of hydrogen-bond donors (Lipinski definition) is 3. The van der Waals surface area contributed by atoms with E-state index in [1.165, 1.54) is 0 Å². The molecular formula is C17H27N3O2. The van der Waals surface area contributed by atoms with Crippen molar-refractivity contribution in [1.29, 1.82) is 0 Å². The lowest BCUT2D eigenvalue weighted by Gasteiger charge is -2.18. The Labute approximate surface area is 132 Å². The zero-order chi connectivity index (χ0) is 16.6. The quantitative estimate of drug-likeness (QED) is 0.673. The van der Waals surface area contributed by atoms with Crippen LogP contribution in [0.15, 0.2) is 24.3 Å². The van der Waals surface area contributed by atoms with Gasteiger partial charge in [0.25, 0.3) is 11.8 Å². The fourth-order valence-corrected chi connectivity index (χ4v) is 1.79. The number of nitrogens with one attached hydrogen (secondary N) is 3. The SMILES string of the molecule is CNCCCNC(=O)c1ccc(C(=O)NCC(C)(C)C)cc1. The molecule has 0 saturated heterocycles.